The van der Waals surface area contributed by atoms with Crippen LogP contribution in [0.4, 0.5) is 8.78 Å². The van der Waals surface area contributed by atoms with Gasteiger partial charge in [-0.15, -0.1) is 0 Å². The van der Waals surface area contributed by atoms with E-state index < -0.39 is 29.1 Å². The SMILES string of the molecule is C=C[C@]1(C(N)=O)CC(c2cc(F)cc(F)c2)=NO1.O=C(O)[C@H]1C=CCC1. The number of allylic oxidation sites excluding steroid dienone is 1. The number of benzene rings is 1. The van der Waals surface area contributed by atoms with E-state index in [4.69, 9.17) is 15.7 Å². The normalized spacial score (nSPS) is 23.5. The van der Waals surface area contributed by atoms with Crippen molar-refractivity contribution in [1.29, 1.82) is 0 Å². The number of amides is 1. The molecule has 8 heteroatoms. The number of hydrogen-bond acceptors (Lipinski definition) is 4. The van der Waals surface area contributed by atoms with Crippen molar-refractivity contribution in [2.24, 2.45) is 16.8 Å². The number of oxime groups is 1. The van der Waals surface area contributed by atoms with Crippen molar-refractivity contribution in [2.45, 2.75) is 24.9 Å². The number of halogens is 2. The maximum absolute atomic E-state index is 13.1. The second kappa shape index (κ2) is 7.90. The highest BCUT2D eigenvalue weighted by Gasteiger charge is 2.42. The van der Waals surface area contributed by atoms with Crippen molar-refractivity contribution in [3.63, 3.8) is 0 Å². The molecule has 0 unspecified atom stereocenters. The molecule has 6 nitrogen and oxygen atoms in total. The summed E-state index contributed by atoms with van der Waals surface area (Å²) in [5.41, 5.74) is 4.19. The molecule has 1 aliphatic carbocycles. The molecular formula is C18H18F2N2O4. The summed E-state index contributed by atoms with van der Waals surface area (Å²) in [4.78, 5) is 26.4. The van der Waals surface area contributed by atoms with E-state index in [-0.39, 0.29) is 23.6 Å². The number of hydrogen-bond donors (Lipinski definition) is 2. The Hall–Kier alpha value is -3.03. The van der Waals surface area contributed by atoms with Crippen LogP contribution in [0.15, 0.2) is 48.2 Å². The fourth-order valence-electron chi connectivity index (χ4n) is 2.51. The molecule has 0 saturated carbocycles. The third kappa shape index (κ3) is 4.33. The van der Waals surface area contributed by atoms with E-state index >= 15 is 0 Å². The molecule has 3 N–H and O–H groups in total. The molecule has 0 fully saturated rings. The highest BCUT2D eigenvalue weighted by molar-refractivity contribution is 6.05. The molecule has 0 bridgehead atoms. The van der Waals surface area contributed by atoms with Crippen molar-refractivity contribution in [3.8, 4) is 0 Å². The van der Waals surface area contributed by atoms with Gasteiger partial charge in [-0.3, -0.25) is 9.59 Å². The van der Waals surface area contributed by atoms with Gasteiger partial charge in [0.2, 0.25) is 5.60 Å². The molecule has 1 aromatic rings. The number of nitrogens with zero attached hydrogens (tertiary/aromatic N) is 1. The highest BCUT2D eigenvalue weighted by atomic mass is 19.1. The summed E-state index contributed by atoms with van der Waals surface area (Å²) < 4.78 is 26.1. The number of primary amides is 1. The van der Waals surface area contributed by atoms with Crippen molar-refractivity contribution in [1.82, 2.24) is 0 Å². The van der Waals surface area contributed by atoms with Crippen LogP contribution in [0.25, 0.3) is 0 Å². The lowest BCUT2D eigenvalue weighted by Crippen LogP contribution is -2.42. The number of rotatable bonds is 4. The second-order valence-corrected chi connectivity index (χ2v) is 5.87. The van der Waals surface area contributed by atoms with E-state index in [0.29, 0.717) is 0 Å². The summed E-state index contributed by atoms with van der Waals surface area (Å²) >= 11 is 0. The third-order valence-corrected chi connectivity index (χ3v) is 4.02. The van der Waals surface area contributed by atoms with Crippen LogP contribution in [0.5, 0.6) is 0 Å². The Morgan fingerprint density at radius 2 is 2.00 bits per heavy atom. The minimum absolute atomic E-state index is 0.00523. The number of carbonyl (C=O) groups excluding carboxylic acids is 1. The van der Waals surface area contributed by atoms with E-state index in [0.717, 1.165) is 31.0 Å². The number of carbonyl (C=O) groups is 2. The zero-order chi connectivity index (χ0) is 19.3. The summed E-state index contributed by atoms with van der Waals surface area (Å²) in [5.74, 6) is -3.12. The quantitative estimate of drug-likeness (QED) is 0.802. The lowest BCUT2D eigenvalue weighted by Gasteiger charge is -2.17. The zero-order valence-corrected chi connectivity index (χ0v) is 13.8. The minimum atomic E-state index is -1.45. The lowest BCUT2D eigenvalue weighted by molar-refractivity contribution is -0.140. The molecule has 0 aromatic heterocycles. The monoisotopic (exact) mass is 364 g/mol. The molecule has 1 heterocycles. The maximum atomic E-state index is 13.1. The zero-order valence-electron chi connectivity index (χ0n) is 13.8. The first-order valence-electron chi connectivity index (χ1n) is 7.82. The Morgan fingerprint density at radius 3 is 2.38 bits per heavy atom. The smallest absolute Gasteiger partial charge is 0.310 e. The molecule has 2 aliphatic rings. The molecule has 138 valence electrons. The van der Waals surface area contributed by atoms with Crippen LogP contribution < -0.4 is 5.73 Å². The average Bonchev–Trinajstić information content (AvgIpc) is 3.25. The van der Waals surface area contributed by atoms with Gasteiger partial charge in [0.15, 0.2) is 0 Å². The molecule has 1 amide bonds. The number of nitrogens with two attached hydrogens (primary N) is 1. The highest BCUT2D eigenvalue weighted by Crippen LogP contribution is 2.28. The molecule has 0 saturated heterocycles. The third-order valence-electron chi connectivity index (χ3n) is 4.02. The van der Waals surface area contributed by atoms with E-state index in [1.54, 1.807) is 6.08 Å². The average molecular weight is 364 g/mol. The standard InChI is InChI=1S/C12H10F2N2O2.C6H8O2/c1-2-12(11(15)17)6-10(16-18-12)7-3-8(13)5-9(14)4-7;7-6(8)5-3-1-2-4-5/h2-5H,1,6H2,(H2,15,17);1,3,5H,2,4H2,(H,7,8)/t12-;5-/m10/s1. The van der Waals surface area contributed by atoms with Gasteiger partial charge in [-0.05, 0) is 31.1 Å². The van der Waals surface area contributed by atoms with Gasteiger partial charge in [0.25, 0.3) is 5.91 Å². The summed E-state index contributed by atoms with van der Waals surface area (Å²) in [5, 5.41) is 12.0. The van der Waals surface area contributed by atoms with Crippen LogP contribution in [0.1, 0.15) is 24.8 Å². The van der Waals surface area contributed by atoms with Crippen LogP contribution in [-0.2, 0) is 14.4 Å². The molecular weight excluding hydrogens is 346 g/mol. The van der Waals surface area contributed by atoms with Crippen LogP contribution in [-0.4, -0.2) is 28.3 Å². The van der Waals surface area contributed by atoms with E-state index in [1.807, 2.05) is 6.08 Å². The lowest BCUT2D eigenvalue weighted by atomic mass is 9.93. The van der Waals surface area contributed by atoms with Crippen molar-refractivity contribution in [2.75, 3.05) is 0 Å². The topological polar surface area (TPSA) is 102 Å². The van der Waals surface area contributed by atoms with Crippen molar-refractivity contribution < 1.29 is 28.3 Å². The molecule has 0 radical (unpaired) electrons. The van der Waals surface area contributed by atoms with Crippen LogP contribution >= 0.6 is 0 Å². The van der Waals surface area contributed by atoms with Gasteiger partial charge in [-0.2, -0.15) is 0 Å². The van der Waals surface area contributed by atoms with Gasteiger partial charge in [-0.25, -0.2) is 8.78 Å². The Labute approximate surface area is 148 Å². The number of carboxylic acid groups (broad SMARTS) is 1. The van der Waals surface area contributed by atoms with Crippen molar-refractivity contribution >= 4 is 17.6 Å². The van der Waals surface area contributed by atoms with E-state index in [9.17, 15) is 18.4 Å². The van der Waals surface area contributed by atoms with Gasteiger partial charge < -0.3 is 15.7 Å². The first kappa shape index (κ1) is 19.3. The fraction of sp³-hybridized carbons (Fsp3) is 0.278. The van der Waals surface area contributed by atoms with Gasteiger partial charge in [0.05, 0.1) is 11.6 Å². The van der Waals surface area contributed by atoms with Gasteiger partial charge >= 0.3 is 5.97 Å². The van der Waals surface area contributed by atoms with E-state index in [1.165, 1.54) is 6.08 Å². The Kier molecular flexibility index (Phi) is 5.86. The Balaban J connectivity index is 0.000000254. The molecule has 2 atom stereocenters. The first-order valence-corrected chi connectivity index (χ1v) is 7.82. The predicted molar refractivity (Wildman–Crippen MR) is 90.2 cm³/mol. The number of aliphatic carboxylic acids is 1. The van der Waals surface area contributed by atoms with Crippen molar-refractivity contribution in [3.05, 3.63) is 60.2 Å². The Bertz CT molecular complexity index is 771. The van der Waals surface area contributed by atoms with Crippen LogP contribution in [0, 0.1) is 17.6 Å². The largest absolute Gasteiger partial charge is 0.481 e. The maximum Gasteiger partial charge on any atom is 0.310 e. The molecule has 26 heavy (non-hydrogen) atoms. The second-order valence-electron chi connectivity index (χ2n) is 5.87. The molecule has 1 aliphatic heterocycles. The van der Waals surface area contributed by atoms with Crippen LogP contribution in [0.2, 0.25) is 0 Å². The predicted octanol–water partition coefficient (Wildman–Crippen LogP) is 2.54. The minimum Gasteiger partial charge on any atom is -0.481 e. The first-order chi connectivity index (χ1) is 12.3. The van der Waals surface area contributed by atoms with E-state index in [2.05, 4.69) is 11.7 Å². The molecule has 3 rings (SSSR count). The Morgan fingerprint density at radius 1 is 1.35 bits per heavy atom. The summed E-state index contributed by atoms with van der Waals surface area (Å²) in [6.07, 6.45) is 6.60. The summed E-state index contributed by atoms with van der Waals surface area (Å²) in [6.45, 7) is 3.45. The molecule has 1 aromatic carbocycles. The summed E-state index contributed by atoms with van der Waals surface area (Å²) in [6, 6.07) is 2.95. The number of carboxylic acids is 1. The van der Waals surface area contributed by atoms with Crippen LogP contribution in [0.3, 0.4) is 0 Å². The summed E-state index contributed by atoms with van der Waals surface area (Å²) in [7, 11) is 0. The van der Waals surface area contributed by atoms with Gasteiger partial charge in [0.1, 0.15) is 11.6 Å². The molecule has 0 spiro atoms. The fourth-order valence-corrected chi connectivity index (χ4v) is 2.51. The van der Waals surface area contributed by atoms with Gasteiger partial charge in [0, 0.05) is 18.1 Å². The van der Waals surface area contributed by atoms with Gasteiger partial charge in [-0.1, -0.05) is 23.9 Å².